The molecule has 0 bridgehead atoms. The molecule has 0 N–H and O–H groups in total. The van der Waals surface area contributed by atoms with Crippen LogP contribution in [0.15, 0.2) is 0 Å². The Labute approximate surface area is 128 Å². The van der Waals surface area contributed by atoms with Gasteiger partial charge in [0.05, 0.1) is 0 Å². The van der Waals surface area contributed by atoms with E-state index in [1.54, 1.807) is 7.11 Å². The van der Waals surface area contributed by atoms with E-state index in [-0.39, 0.29) is 5.41 Å². The molecule has 3 fully saturated rings. The summed E-state index contributed by atoms with van der Waals surface area (Å²) in [6, 6.07) is 0. The molecule has 0 aromatic carbocycles. The van der Waals surface area contributed by atoms with Crippen molar-refractivity contribution in [1.82, 2.24) is 0 Å². The summed E-state index contributed by atoms with van der Waals surface area (Å²) in [6.07, 6.45) is 9.67. The van der Waals surface area contributed by atoms with Gasteiger partial charge in [0, 0.05) is 25.6 Å². The van der Waals surface area contributed by atoms with E-state index in [1.807, 2.05) is 0 Å². The van der Waals surface area contributed by atoms with Crippen LogP contribution in [0.4, 0.5) is 0 Å². The molecular weight excluding hydrogens is 264 g/mol. The van der Waals surface area contributed by atoms with Gasteiger partial charge in [-0.1, -0.05) is 13.3 Å². The highest BCUT2D eigenvalue weighted by atomic mass is 16.7. The minimum atomic E-state index is 0.0373. The molecule has 0 aromatic heterocycles. The Morgan fingerprint density at radius 2 is 2.05 bits per heavy atom. The maximum absolute atomic E-state index is 12.2. The standard InChI is InChI=1S/C18H30O3/c1-18-11-14-4-3-13(7-8-21-12-20-2)9-15(14)10-16(18)5-6-17(18)19/h13-16H,3-12H2,1-2H3/t13-,14+,15-,16-,18-/m0/s1. The number of fused-ring (bicyclic) bond motifs is 2. The van der Waals surface area contributed by atoms with Gasteiger partial charge >= 0.3 is 0 Å². The van der Waals surface area contributed by atoms with E-state index in [0.717, 1.165) is 37.2 Å². The fourth-order valence-electron chi connectivity index (χ4n) is 5.34. The Hall–Kier alpha value is -0.410. The van der Waals surface area contributed by atoms with Gasteiger partial charge in [-0.25, -0.2) is 0 Å². The normalized spacial score (nSPS) is 42.7. The molecule has 0 unspecified atom stereocenters. The number of rotatable bonds is 5. The Morgan fingerprint density at radius 1 is 1.19 bits per heavy atom. The van der Waals surface area contributed by atoms with Crippen LogP contribution in [0, 0.1) is 29.1 Å². The summed E-state index contributed by atoms with van der Waals surface area (Å²) in [5.74, 6) is 3.74. The van der Waals surface area contributed by atoms with Gasteiger partial charge < -0.3 is 9.47 Å². The van der Waals surface area contributed by atoms with Crippen LogP contribution < -0.4 is 0 Å². The van der Waals surface area contributed by atoms with E-state index in [4.69, 9.17) is 9.47 Å². The van der Waals surface area contributed by atoms with Crippen molar-refractivity contribution < 1.29 is 14.3 Å². The Balaban J connectivity index is 1.52. The molecule has 0 amide bonds. The lowest BCUT2D eigenvalue weighted by Gasteiger charge is -2.48. The van der Waals surface area contributed by atoms with Crippen LogP contribution in [0.1, 0.15) is 58.3 Å². The lowest BCUT2D eigenvalue weighted by atomic mass is 9.56. The number of hydrogen-bond donors (Lipinski definition) is 0. The number of ketones is 1. The highest BCUT2D eigenvalue weighted by Gasteiger charge is 2.52. The molecule has 3 nitrogen and oxygen atoms in total. The van der Waals surface area contributed by atoms with Crippen molar-refractivity contribution in [3.63, 3.8) is 0 Å². The molecule has 0 heterocycles. The lowest BCUT2D eigenvalue weighted by Crippen LogP contribution is -2.42. The van der Waals surface area contributed by atoms with Gasteiger partial charge in [0.2, 0.25) is 0 Å². The Kier molecular flexibility index (Phi) is 4.70. The minimum Gasteiger partial charge on any atom is -0.359 e. The van der Waals surface area contributed by atoms with Crippen LogP contribution >= 0.6 is 0 Å². The van der Waals surface area contributed by atoms with Crippen LogP contribution in [0.3, 0.4) is 0 Å². The van der Waals surface area contributed by atoms with Crippen molar-refractivity contribution in [3.8, 4) is 0 Å². The van der Waals surface area contributed by atoms with E-state index in [1.165, 1.54) is 38.5 Å². The Morgan fingerprint density at radius 3 is 2.86 bits per heavy atom. The van der Waals surface area contributed by atoms with E-state index < -0.39 is 0 Å². The molecule has 0 saturated heterocycles. The fraction of sp³-hybridized carbons (Fsp3) is 0.944. The number of carbonyl (C=O) groups excluding carboxylic acids is 1. The van der Waals surface area contributed by atoms with Crippen molar-refractivity contribution in [2.24, 2.45) is 29.1 Å². The first-order chi connectivity index (χ1) is 10.1. The molecule has 0 aromatic rings. The van der Waals surface area contributed by atoms with Crippen molar-refractivity contribution in [1.29, 1.82) is 0 Å². The summed E-state index contributed by atoms with van der Waals surface area (Å²) in [7, 11) is 1.67. The quantitative estimate of drug-likeness (QED) is 0.571. The average molecular weight is 294 g/mol. The smallest absolute Gasteiger partial charge is 0.146 e. The van der Waals surface area contributed by atoms with Crippen molar-refractivity contribution in [2.45, 2.75) is 58.3 Å². The molecular formula is C18H30O3. The molecule has 0 radical (unpaired) electrons. The molecule has 3 heteroatoms. The fourth-order valence-corrected chi connectivity index (χ4v) is 5.34. The predicted molar refractivity (Wildman–Crippen MR) is 81.8 cm³/mol. The zero-order valence-corrected chi connectivity index (χ0v) is 13.6. The van der Waals surface area contributed by atoms with Gasteiger partial charge in [-0.15, -0.1) is 0 Å². The maximum Gasteiger partial charge on any atom is 0.146 e. The SMILES string of the molecule is COCOCC[C@@H]1CC[C@@H]2C[C@]3(C)C(=O)CC[C@H]3C[C@@H]2C1. The summed E-state index contributed by atoms with van der Waals surface area (Å²) in [5.41, 5.74) is 0.0373. The summed E-state index contributed by atoms with van der Waals surface area (Å²) >= 11 is 0. The van der Waals surface area contributed by atoms with E-state index in [9.17, 15) is 4.79 Å². The van der Waals surface area contributed by atoms with Crippen LogP contribution in [-0.4, -0.2) is 26.3 Å². The molecule has 0 aliphatic heterocycles. The number of Topliss-reactive ketones (excluding diaryl/α,β-unsaturated/α-hetero) is 1. The van der Waals surface area contributed by atoms with Gasteiger partial charge in [0.1, 0.15) is 12.6 Å². The van der Waals surface area contributed by atoms with Crippen molar-refractivity contribution in [3.05, 3.63) is 0 Å². The molecule has 5 atom stereocenters. The number of carbonyl (C=O) groups is 1. The summed E-state index contributed by atoms with van der Waals surface area (Å²) in [6.45, 7) is 3.50. The second-order valence-electron chi connectivity index (χ2n) is 7.82. The number of ether oxygens (including phenoxy) is 2. The summed E-state index contributed by atoms with van der Waals surface area (Å²) < 4.78 is 10.4. The highest BCUT2D eigenvalue weighted by Crippen LogP contribution is 2.57. The molecule has 21 heavy (non-hydrogen) atoms. The first-order valence-electron chi connectivity index (χ1n) is 8.73. The number of hydrogen-bond acceptors (Lipinski definition) is 3. The summed E-state index contributed by atoms with van der Waals surface area (Å²) in [4.78, 5) is 12.2. The van der Waals surface area contributed by atoms with E-state index in [2.05, 4.69) is 6.92 Å². The first-order valence-corrected chi connectivity index (χ1v) is 8.73. The van der Waals surface area contributed by atoms with Gasteiger partial charge in [0.15, 0.2) is 0 Å². The van der Waals surface area contributed by atoms with Gasteiger partial charge in [0.25, 0.3) is 0 Å². The zero-order valence-electron chi connectivity index (χ0n) is 13.6. The van der Waals surface area contributed by atoms with Crippen LogP contribution in [0.2, 0.25) is 0 Å². The largest absolute Gasteiger partial charge is 0.359 e. The van der Waals surface area contributed by atoms with Crippen LogP contribution in [0.5, 0.6) is 0 Å². The van der Waals surface area contributed by atoms with Gasteiger partial charge in [-0.05, 0) is 62.2 Å². The third kappa shape index (κ3) is 3.05. The minimum absolute atomic E-state index is 0.0373. The first kappa shape index (κ1) is 15.5. The zero-order chi connectivity index (χ0) is 14.9. The van der Waals surface area contributed by atoms with E-state index in [0.29, 0.717) is 18.5 Å². The molecule has 3 aliphatic carbocycles. The second-order valence-corrected chi connectivity index (χ2v) is 7.82. The van der Waals surface area contributed by atoms with Gasteiger partial charge in [-0.2, -0.15) is 0 Å². The third-order valence-corrected chi connectivity index (χ3v) is 6.65. The lowest BCUT2D eigenvalue weighted by molar-refractivity contribution is -0.130. The average Bonchev–Trinajstić information content (AvgIpc) is 2.76. The molecule has 3 rings (SSSR count). The number of methoxy groups -OCH3 is 1. The highest BCUT2D eigenvalue weighted by molar-refractivity contribution is 5.87. The van der Waals surface area contributed by atoms with E-state index >= 15 is 0 Å². The Bertz CT molecular complexity index is 381. The van der Waals surface area contributed by atoms with Crippen molar-refractivity contribution in [2.75, 3.05) is 20.5 Å². The maximum atomic E-state index is 12.2. The second kappa shape index (κ2) is 6.37. The van der Waals surface area contributed by atoms with Gasteiger partial charge in [-0.3, -0.25) is 4.79 Å². The predicted octanol–water partition coefficient (Wildman–Crippen LogP) is 3.81. The monoisotopic (exact) mass is 294 g/mol. The van der Waals surface area contributed by atoms with Crippen LogP contribution in [0.25, 0.3) is 0 Å². The molecule has 3 aliphatic rings. The topological polar surface area (TPSA) is 35.5 Å². The van der Waals surface area contributed by atoms with Crippen LogP contribution in [-0.2, 0) is 14.3 Å². The van der Waals surface area contributed by atoms with Crippen molar-refractivity contribution >= 4 is 5.78 Å². The molecule has 120 valence electrons. The third-order valence-electron chi connectivity index (χ3n) is 6.65. The molecule has 3 saturated carbocycles. The summed E-state index contributed by atoms with van der Waals surface area (Å²) in [5, 5.41) is 0. The molecule has 0 spiro atoms.